The molecule has 2 atom stereocenters. The standard InChI is InChI=1S/C25H20FN5O4/c1-14(20(15-7-5-4-6-8-15)18-10-9-16(26)11-19(18)27-2)23-30-21(22(32)25(34)31(23)3)24(33)29-17-12-28-35-13-17/h4-14,20,32H,1,3H3,(H,29,33)/t14-,20+/m0/s1. The summed E-state index contributed by atoms with van der Waals surface area (Å²) in [6.45, 7) is 9.35. The molecule has 0 spiro atoms. The average Bonchev–Trinajstić information content (AvgIpc) is 3.37. The van der Waals surface area contributed by atoms with E-state index in [-0.39, 0.29) is 17.2 Å². The van der Waals surface area contributed by atoms with E-state index in [1.165, 1.54) is 31.6 Å². The molecule has 2 heterocycles. The molecule has 0 radical (unpaired) electrons. The summed E-state index contributed by atoms with van der Waals surface area (Å²) >= 11 is 0. The smallest absolute Gasteiger partial charge is 0.296 e. The van der Waals surface area contributed by atoms with Crippen LogP contribution in [0.1, 0.15) is 46.2 Å². The molecule has 2 aromatic heterocycles. The Balaban J connectivity index is 1.87. The zero-order chi connectivity index (χ0) is 25.1. The van der Waals surface area contributed by atoms with E-state index >= 15 is 0 Å². The second-order valence-electron chi connectivity index (χ2n) is 7.89. The molecule has 0 aliphatic rings. The van der Waals surface area contributed by atoms with Gasteiger partial charge in [-0.25, -0.2) is 14.2 Å². The van der Waals surface area contributed by atoms with E-state index in [0.29, 0.717) is 5.56 Å². The van der Waals surface area contributed by atoms with Gasteiger partial charge in [-0.15, -0.1) is 0 Å². The van der Waals surface area contributed by atoms with Crippen LogP contribution in [0.2, 0.25) is 0 Å². The largest absolute Gasteiger partial charge is 0.501 e. The molecule has 4 rings (SSSR count). The summed E-state index contributed by atoms with van der Waals surface area (Å²) in [5.41, 5.74) is 0.412. The van der Waals surface area contributed by atoms with Gasteiger partial charge in [-0.1, -0.05) is 48.5 Å². The molecular weight excluding hydrogens is 453 g/mol. The van der Waals surface area contributed by atoms with Crippen LogP contribution in [0.15, 0.2) is 70.3 Å². The highest BCUT2D eigenvalue weighted by molar-refractivity contribution is 6.04. The summed E-state index contributed by atoms with van der Waals surface area (Å²) < 4.78 is 19.7. The molecule has 0 aliphatic heterocycles. The van der Waals surface area contributed by atoms with Gasteiger partial charge in [0.1, 0.15) is 23.6 Å². The molecule has 0 fully saturated rings. The maximum atomic E-state index is 13.9. The highest BCUT2D eigenvalue weighted by Crippen LogP contribution is 2.41. The molecule has 9 nitrogen and oxygen atoms in total. The third-order valence-corrected chi connectivity index (χ3v) is 5.72. The summed E-state index contributed by atoms with van der Waals surface area (Å²) in [6.07, 6.45) is 2.44. The number of halogens is 1. The molecule has 0 saturated heterocycles. The van der Waals surface area contributed by atoms with Crippen molar-refractivity contribution >= 4 is 17.3 Å². The molecule has 0 aliphatic carbocycles. The first-order chi connectivity index (χ1) is 16.8. The number of nitrogens with one attached hydrogen (secondary N) is 1. The summed E-state index contributed by atoms with van der Waals surface area (Å²) in [4.78, 5) is 33.5. The number of carbonyl (C=O) groups excluding carboxylic acids is 1. The van der Waals surface area contributed by atoms with Crippen molar-refractivity contribution in [2.75, 3.05) is 5.32 Å². The van der Waals surface area contributed by atoms with Gasteiger partial charge in [-0.05, 0) is 23.3 Å². The molecule has 2 N–H and O–H groups in total. The van der Waals surface area contributed by atoms with Gasteiger partial charge in [-0.2, -0.15) is 0 Å². The van der Waals surface area contributed by atoms with Crippen LogP contribution in [0.4, 0.5) is 15.8 Å². The van der Waals surface area contributed by atoms with Gasteiger partial charge in [-0.3, -0.25) is 14.2 Å². The monoisotopic (exact) mass is 473 g/mol. The predicted octanol–water partition coefficient (Wildman–Crippen LogP) is 4.35. The number of hydrogen-bond donors (Lipinski definition) is 2. The highest BCUT2D eigenvalue weighted by Gasteiger charge is 2.30. The van der Waals surface area contributed by atoms with E-state index in [4.69, 9.17) is 6.57 Å². The van der Waals surface area contributed by atoms with Crippen molar-refractivity contribution in [3.63, 3.8) is 0 Å². The molecular formula is C25H20FN5O4. The number of benzene rings is 2. The van der Waals surface area contributed by atoms with Crippen molar-refractivity contribution in [2.24, 2.45) is 7.05 Å². The number of aromatic hydroxyl groups is 1. The SMILES string of the molecule is [C-]#[N+]c1cc(F)ccc1[C@@H](c1ccccc1)[C@H](C)c1nc(C(=O)Nc2cnoc2)c(O)c(=O)n1C. The minimum Gasteiger partial charge on any atom is -0.501 e. The molecule has 10 heteroatoms. The Hall–Kier alpha value is -4.78. The van der Waals surface area contributed by atoms with Gasteiger partial charge in [0.05, 0.1) is 12.8 Å². The maximum Gasteiger partial charge on any atom is 0.296 e. The Kier molecular flexibility index (Phi) is 6.42. The van der Waals surface area contributed by atoms with Gasteiger partial charge in [0, 0.05) is 18.9 Å². The van der Waals surface area contributed by atoms with Crippen LogP contribution in [0.25, 0.3) is 4.85 Å². The highest BCUT2D eigenvalue weighted by atomic mass is 19.1. The zero-order valence-corrected chi connectivity index (χ0v) is 18.8. The molecule has 0 saturated carbocycles. The minimum absolute atomic E-state index is 0.125. The number of nitrogens with zero attached hydrogens (tertiary/aromatic N) is 4. The number of rotatable bonds is 6. The number of anilines is 1. The summed E-state index contributed by atoms with van der Waals surface area (Å²) in [5, 5.41) is 16.3. The molecule has 4 aromatic rings. The lowest BCUT2D eigenvalue weighted by Crippen LogP contribution is -2.29. The van der Waals surface area contributed by atoms with Crippen molar-refractivity contribution in [3.05, 3.63) is 111 Å². The fourth-order valence-electron chi connectivity index (χ4n) is 4.05. The second-order valence-corrected chi connectivity index (χ2v) is 7.89. The summed E-state index contributed by atoms with van der Waals surface area (Å²) in [6, 6.07) is 13.2. The van der Waals surface area contributed by atoms with Crippen LogP contribution in [-0.2, 0) is 7.05 Å². The minimum atomic E-state index is -0.822. The van der Waals surface area contributed by atoms with Crippen LogP contribution in [0.5, 0.6) is 5.75 Å². The van der Waals surface area contributed by atoms with Gasteiger partial charge in [0.25, 0.3) is 11.5 Å². The van der Waals surface area contributed by atoms with E-state index in [9.17, 15) is 19.1 Å². The average molecular weight is 473 g/mol. The molecule has 1 amide bonds. The van der Waals surface area contributed by atoms with Crippen LogP contribution in [0, 0.1) is 12.4 Å². The van der Waals surface area contributed by atoms with E-state index in [1.54, 1.807) is 6.92 Å². The number of carbonyl (C=O) groups is 1. The Morgan fingerprint density at radius 3 is 2.66 bits per heavy atom. The first-order valence-corrected chi connectivity index (χ1v) is 10.5. The van der Waals surface area contributed by atoms with E-state index in [0.717, 1.165) is 16.2 Å². The topological polar surface area (TPSA) is 115 Å². The number of hydrogen-bond acceptors (Lipinski definition) is 6. The lowest BCUT2D eigenvalue weighted by Gasteiger charge is -2.27. The lowest BCUT2D eigenvalue weighted by molar-refractivity contribution is 0.101. The van der Waals surface area contributed by atoms with Gasteiger partial charge in [0.15, 0.2) is 11.4 Å². The fraction of sp³-hybridized carbons (Fsp3) is 0.160. The van der Waals surface area contributed by atoms with Crippen LogP contribution in [-0.4, -0.2) is 25.7 Å². The summed E-state index contributed by atoms with van der Waals surface area (Å²) in [5.74, 6) is -3.06. The molecule has 0 bridgehead atoms. The zero-order valence-electron chi connectivity index (χ0n) is 18.8. The maximum absolute atomic E-state index is 13.9. The Bertz CT molecular complexity index is 1480. The lowest BCUT2D eigenvalue weighted by atomic mass is 9.80. The fourth-order valence-corrected chi connectivity index (χ4v) is 4.05. The van der Waals surface area contributed by atoms with E-state index < -0.39 is 40.6 Å². The van der Waals surface area contributed by atoms with Crippen molar-refractivity contribution in [2.45, 2.75) is 18.8 Å². The Morgan fingerprint density at radius 1 is 1.26 bits per heavy atom. The first kappa shape index (κ1) is 23.4. The van der Waals surface area contributed by atoms with Crippen molar-refractivity contribution < 1.29 is 18.8 Å². The predicted molar refractivity (Wildman–Crippen MR) is 125 cm³/mol. The third-order valence-electron chi connectivity index (χ3n) is 5.72. The normalized spacial score (nSPS) is 12.5. The van der Waals surface area contributed by atoms with Gasteiger partial charge >= 0.3 is 0 Å². The van der Waals surface area contributed by atoms with E-state index in [2.05, 4.69) is 24.8 Å². The number of amides is 1. The second kappa shape index (κ2) is 9.61. The van der Waals surface area contributed by atoms with Crippen molar-refractivity contribution in [1.82, 2.24) is 14.7 Å². The van der Waals surface area contributed by atoms with Gasteiger partial charge in [0.2, 0.25) is 5.75 Å². The third kappa shape index (κ3) is 4.52. The molecule has 176 valence electrons. The first-order valence-electron chi connectivity index (χ1n) is 10.5. The molecule has 2 aromatic carbocycles. The van der Waals surface area contributed by atoms with Crippen LogP contribution >= 0.6 is 0 Å². The van der Waals surface area contributed by atoms with E-state index in [1.807, 2.05) is 30.3 Å². The van der Waals surface area contributed by atoms with Crippen molar-refractivity contribution in [1.29, 1.82) is 0 Å². The molecule has 0 unspecified atom stereocenters. The van der Waals surface area contributed by atoms with Crippen LogP contribution < -0.4 is 10.9 Å². The quantitative estimate of drug-likeness (QED) is 0.403. The van der Waals surface area contributed by atoms with Gasteiger partial charge < -0.3 is 14.9 Å². The Morgan fingerprint density at radius 2 is 2.00 bits per heavy atom. The summed E-state index contributed by atoms with van der Waals surface area (Å²) in [7, 11) is 1.44. The molecule has 35 heavy (non-hydrogen) atoms. The van der Waals surface area contributed by atoms with Crippen molar-refractivity contribution in [3.8, 4) is 5.75 Å². The number of aromatic nitrogens is 3. The van der Waals surface area contributed by atoms with Crippen LogP contribution in [0.3, 0.4) is 0 Å². The Labute approximate surface area is 199 Å².